The molecule has 0 atom stereocenters. The molecule has 1 aromatic carbocycles. The van der Waals surface area contributed by atoms with Crippen molar-refractivity contribution >= 4 is 16.9 Å². The third-order valence-electron chi connectivity index (χ3n) is 5.59. The Labute approximate surface area is 154 Å². The van der Waals surface area contributed by atoms with E-state index < -0.39 is 5.97 Å². The van der Waals surface area contributed by atoms with Gasteiger partial charge in [-0.05, 0) is 44.5 Å². The lowest BCUT2D eigenvalue weighted by Crippen LogP contribution is -2.37. The Balaban J connectivity index is 1.98. The van der Waals surface area contributed by atoms with Crippen LogP contribution in [-0.4, -0.2) is 35.5 Å². The van der Waals surface area contributed by atoms with Crippen LogP contribution in [0, 0.1) is 6.92 Å². The molecule has 2 aromatic rings. The first-order chi connectivity index (χ1) is 12.5. The summed E-state index contributed by atoms with van der Waals surface area (Å²) in [7, 11) is 1.35. The van der Waals surface area contributed by atoms with Crippen LogP contribution in [0.1, 0.15) is 60.6 Å². The van der Waals surface area contributed by atoms with Crippen LogP contribution < -0.4 is 5.43 Å². The minimum Gasteiger partial charge on any atom is -0.465 e. The van der Waals surface area contributed by atoms with Gasteiger partial charge in [-0.15, -0.1) is 0 Å². The first-order valence-electron chi connectivity index (χ1n) is 9.53. The summed E-state index contributed by atoms with van der Waals surface area (Å²) in [5, 5.41) is 0.549. The van der Waals surface area contributed by atoms with E-state index in [1.807, 2.05) is 6.92 Å². The van der Waals surface area contributed by atoms with Crippen molar-refractivity contribution in [3.05, 3.63) is 45.2 Å². The minimum atomic E-state index is -0.425. The zero-order valence-corrected chi connectivity index (χ0v) is 15.9. The van der Waals surface area contributed by atoms with E-state index in [1.54, 1.807) is 18.2 Å². The summed E-state index contributed by atoms with van der Waals surface area (Å²) < 4.78 is 4.78. The Morgan fingerprint density at radius 2 is 2.00 bits per heavy atom. The molecule has 1 heterocycles. The van der Waals surface area contributed by atoms with Gasteiger partial charge in [0, 0.05) is 34.7 Å². The van der Waals surface area contributed by atoms with E-state index in [4.69, 9.17) is 4.74 Å². The van der Waals surface area contributed by atoms with Gasteiger partial charge in [0.2, 0.25) is 0 Å². The Bertz CT molecular complexity index is 850. The maximum Gasteiger partial charge on any atom is 0.337 e. The monoisotopic (exact) mass is 356 g/mol. The number of carbonyl (C=O) groups is 1. The predicted octanol–water partition coefficient (Wildman–Crippen LogP) is 3.78. The molecule has 140 valence electrons. The molecule has 3 rings (SSSR count). The van der Waals surface area contributed by atoms with Crippen molar-refractivity contribution in [2.24, 2.45) is 0 Å². The fourth-order valence-electron chi connectivity index (χ4n) is 4.04. The normalized spacial score (nSPS) is 15.5. The Hall–Kier alpha value is -2.14. The van der Waals surface area contributed by atoms with Crippen molar-refractivity contribution < 1.29 is 9.53 Å². The van der Waals surface area contributed by atoms with Gasteiger partial charge in [0.05, 0.1) is 12.7 Å². The van der Waals surface area contributed by atoms with Gasteiger partial charge in [0.15, 0.2) is 5.43 Å². The number of carbonyl (C=O) groups excluding carboxylic acids is 1. The molecule has 0 aliphatic heterocycles. The molecule has 1 aromatic heterocycles. The topological polar surface area (TPSA) is 62.4 Å². The molecule has 1 N–H and O–H groups in total. The lowest BCUT2D eigenvalue weighted by Gasteiger charge is -2.33. The van der Waals surface area contributed by atoms with Crippen LogP contribution in [-0.2, 0) is 11.3 Å². The van der Waals surface area contributed by atoms with Crippen molar-refractivity contribution in [1.82, 2.24) is 9.88 Å². The number of nitrogens with zero attached hydrogens (tertiary/aromatic N) is 1. The number of hydrogen-bond acceptors (Lipinski definition) is 4. The zero-order valence-electron chi connectivity index (χ0n) is 15.9. The number of hydrogen-bond donors (Lipinski definition) is 1. The molecule has 1 aliphatic rings. The number of aromatic amines is 1. The van der Waals surface area contributed by atoms with E-state index >= 15 is 0 Å². The van der Waals surface area contributed by atoms with Crippen molar-refractivity contribution in [2.45, 2.75) is 58.5 Å². The van der Waals surface area contributed by atoms with Gasteiger partial charge < -0.3 is 9.72 Å². The summed E-state index contributed by atoms with van der Waals surface area (Å²) in [4.78, 5) is 30.7. The number of fused-ring (bicyclic) bond motifs is 1. The molecule has 0 unspecified atom stereocenters. The fraction of sp³-hybridized carbons (Fsp3) is 0.524. The van der Waals surface area contributed by atoms with E-state index in [2.05, 4.69) is 16.8 Å². The number of H-pyrrole nitrogens is 1. The van der Waals surface area contributed by atoms with Gasteiger partial charge in [-0.1, -0.05) is 26.2 Å². The molecular formula is C21H28N2O3. The van der Waals surface area contributed by atoms with Crippen LogP contribution in [0.5, 0.6) is 0 Å². The molecule has 5 heteroatoms. The van der Waals surface area contributed by atoms with Crippen LogP contribution in [0.15, 0.2) is 23.0 Å². The van der Waals surface area contributed by atoms with Crippen LogP contribution >= 0.6 is 0 Å². The number of nitrogens with one attached hydrogen (secondary N) is 1. The number of esters is 1. The Kier molecular flexibility index (Phi) is 5.77. The summed E-state index contributed by atoms with van der Waals surface area (Å²) in [5.74, 6) is -0.425. The predicted molar refractivity (Wildman–Crippen MR) is 104 cm³/mol. The quantitative estimate of drug-likeness (QED) is 0.828. The van der Waals surface area contributed by atoms with Crippen molar-refractivity contribution in [3.63, 3.8) is 0 Å². The molecule has 0 amide bonds. The highest BCUT2D eigenvalue weighted by molar-refractivity contribution is 5.94. The molecular weight excluding hydrogens is 328 g/mol. The molecule has 1 saturated carbocycles. The second kappa shape index (κ2) is 8.04. The SMILES string of the molecule is CCN(Cc1c(C)[nH]c2ccc(C(=O)OC)cc2c1=O)C1CCCCC1. The van der Waals surface area contributed by atoms with Crippen LogP contribution in [0.3, 0.4) is 0 Å². The number of methoxy groups -OCH3 is 1. The summed E-state index contributed by atoms with van der Waals surface area (Å²) in [6.07, 6.45) is 6.29. The highest BCUT2D eigenvalue weighted by Crippen LogP contribution is 2.24. The maximum atomic E-state index is 13.1. The van der Waals surface area contributed by atoms with E-state index in [-0.39, 0.29) is 5.43 Å². The zero-order chi connectivity index (χ0) is 18.7. The van der Waals surface area contributed by atoms with Crippen molar-refractivity contribution in [2.75, 3.05) is 13.7 Å². The average molecular weight is 356 g/mol. The smallest absolute Gasteiger partial charge is 0.337 e. The van der Waals surface area contributed by atoms with Gasteiger partial charge in [-0.25, -0.2) is 4.79 Å². The fourth-order valence-corrected chi connectivity index (χ4v) is 4.04. The third-order valence-corrected chi connectivity index (χ3v) is 5.59. The number of aromatic nitrogens is 1. The van der Waals surface area contributed by atoms with Gasteiger partial charge in [0.1, 0.15) is 0 Å². The second-order valence-corrected chi connectivity index (χ2v) is 7.16. The van der Waals surface area contributed by atoms with Crippen molar-refractivity contribution in [1.29, 1.82) is 0 Å². The van der Waals surface area contributed by atoms with Gasteiger partial charge in [-0.2, -0.15) is 0 Å². The van der Waals surface area contributed by atoms with Gasteiger partial charge >= 0.3 is 5.97 Å². The number of benzene rings is 1. The largest absolute Gasteiger partial charge is 0.465 e. The van der Waals surface area contributed by atoms with Gasteiger partial charge in [-0.3, -0.25) is 9.69 Å². The molecule has 5 nitrogen and oxygen atoms in total. The van der Waals surface area contributed by atoms with E-state index in [1.165, 1.54) is 39.2 Å². The number of rotatable bonds is 5. The summed E-state index contributed by atoms with van der Waals surface area (Å²) in [6, 6.07) is 5.66. The highest BCUT2D eigenvalue weighted by Gasteiger charge is 2.22. The molecule has 0 spiro atoms. The molecule has 0 saturated heterocycles. The lowest BCUT2D eigenvalue weighted by molar-refractivity contribution is 0.0601. The second-order valence-electron chi connectivity index (χ2n) is 7.16. The highest BCUT2D eigenvalue weighted by atomic mass is 16.5. The average Bonchev–Trinajstić information content (AvgIpc) is 2.68. The number of ether oxygens (including phenoxy) is 1. The van der Waals surface area contributed by atoms with Crippen LogP contribution in [0.2, 0.25) is 0 Å². The standard InChI is InChI=1S/C21H28N2O3/c1-4-23(16-8-6-5-7-9-16)13-18-14(2)22-19-11-10-15(21(25)26-3)12-17(19)20(18)24/h10-12,16H,4-9,13H2,1-3H3,(H,22,24). The summed E-state index contributed by atoms with van der Waals surface area (Å²) >= 11 is 0. The number of aryl methyl sites for hydroxylation is 1. The number of pyridine rings is 1. The van der Waals surface area contributed by atoms with Gasteiger partial charge in [0.25, 0.3) is 0 Å². The first-order valence-corrected chi connectivity index (χ1v) is 9.53. The summed E-state index contributed by atoms with van der Waals surface area (Å²) in [6.45, 7) is 5.71. The summed E-state index contributed by atoms with van der Waals surface area (Å²) in [5.41, 5.74) is 2.87. The molecule has 0 bridgehead atoms. The van der Waals surface area contributed by atoms with Crippen LogP contribution in [0.4, 0.5) is 0 Å². The van der Waals surface area contributed by atoms with Crippen molar-refractivity contribution in [3.8, 4) is 0 Å². The van der Waals surface area contributed by atoms with E-state index in [0.29, 0.717) is 23.5 Å². The van der Waals surface area contributed by atoms with E-state index in [9.17, 15) is 9.59 Å². The molecule has 0 radical (unpaired) electrons. The maximum absolute atomic E-state index is 13.1. The molecule has 1 aliphatic carbocycles. The Morgan fingerprint density at radius 1 is 1.27 bits per heavy atom. The first kappa shape index (κ1) is 18.6. The lowest BCUT2D eigenvalue weighted by atomic mass is 9.93. The third kappa shape index (κ3) is 3.68. The molecule has 26 heavy (non-hydrogen) atoms. The van der Waals surface area contributed by atoms with Crippen LogP contribution in [0.25, 0.3) is 10.9 Å². The van der Waals surface area contributed by atoms with E-state index in [0.717, 1.165) is 23.3 Å². The molecule has 1 fully saturated rings. The Morgan fingerprint density at radius 3 is 2.65 bits per heavy atom. The minimum absolute atomic E-state index is 0.0104.